The normalized spacial score (nSPS) is 20.9. The molecule has 2 aliphatic heterocycles. The van der Waals surface area contributed by atoms with Crippen molar-refractivity contribution in [1.82, 2.24) is 9.80 Å². The summed E-state index contributed by atoms with van der Waals surface area (Å²) in [6.45, 7) is 3.79. The van der Waals surface area contributed by atoms with Crippen molar-refractivity contribution in [2.24, 2.45) is 11.8 Å². The summed E-state index contributed by atoms with van der Waals surface area (Å²) in [6, 6.07) is 0. The lowest BCUT2D eigenvalue weighted by Crippen LogP contribution is -2.57. The van der Waals surface area contributed by atoms with Crippen LogP contribution in [0.5, 0.6) is 0 Å². The first-order chi connectivity index (χ1) is 9.02. The number of methoxy groups -OCH3 is 1. The van der Waals surface area contributed by atoms with Crippen molar-refractivity contribution in [1.29, 1.82) is 0 Å². The molecule has 0 radical (unpaired) electrons. The van der Waals surface area contributed by atoms with Gasteiger partial charge in [0.15, 0.2) is 0 Å². The van der Waals surface area contributed by atoms with Crippen molar-refractivity contribution in [3.8, 4) is 0 Å². The van der Waals surface area contributed by atoms with E-state index in [-0.39, 0.29) is 29.6 Å². The zero-order valence-corrected chi connectivity index (χ0v) is 11.4. The molecule has 0 atom stereocenters. The van der Waals surface area contributed by atoms with Crippen LogP contribution in [0.2, 0.25) is 0 Å². The molecule has 2 heterocycles. The van der Waals surface area contributed by atoms with E-state index in [1.54, 1.807) is 4.90 Å². The van der Waals surface area contributed by atoms with Gasteiger partial charge in [0.2, 0.25) is 11.8 Å². The summed E-state index contributed by atoms with van der Waals surface area (Å²) in [4.78, 5) is 38.1. The Morgan fingerprint density at radius 3 is 2.05 bits per heavy atom. The summed E-state index contributed by atoms with van der Waals surface area (Å²) in [6.07, 6.45) is 1.34. The highest BCUT2D eigenvalue weighted by atomic mass is 16.5. The molecule has 0 N–H and O–H groups in total. The number of hydrogen-bond acceptors (Lipinski definition) is 4. The lowest BCUT2D eigenvalue weighted by atomic mass is 9.93. The van der Waals surface area contributed by atoms with Gasteiger partial charge in [0, 0.05) is 33.1 Å². The number of hydrogen-bond donors (Lipinski definition) is 0. The highest BCUT2D eigenvalue weighted by molar-refractivity contribution is 5.84. The van der Waals surface area contributed by atoms with E-state index in [4.69, 9.17) is 4.74 Å². The number of nitrogens with zero attached hydrogens (tertiary/aromatic N) is 2. The molecule has 19 heavy (non-hydrogen) atoms. The SMILES string of the molecule is COC(=O)C1CCN(C(=O)C2CN(C(C)=O)C2)CC1. The van der Waals surface area contributed by atoms with Gasteiger partial charge in [0.1, 0.15) is 0 Å². The number of likely N-dealkylation sites (tertiary alicyclic amines) is 2. The molecule has 106 valence electrons. The molecule has 0 saturated carbocycles. The van der Waals surface area contributed by atoms with Gasteiger partial charge in [-0.25, -0.2) is 0 Å². The fourth-order valence-corrected chi connectivity index (χ4v) is 2.65. The summed E-state index contributed by atoms with van der Waals surface area (Å²) in [5, 5.41) is 0. The topological polar surface area (TPSA) is 66.9 Å². The van der Waals surface area contributed by atoms with Crippen LogP contribution in [-0.2, 0) is 19.1 Å². The predicted molar refractivity (Wildman–Crippen MR) is 67.1 cm³/mol. The average Bonchev–Trinajstić information content (AvgIpc) is 2.35. The summed E-state index contributed by atoms with van der Waals surface area (Å²) in [7, 11) is 1.39. The number of ether oxygens (including phenoxy) is 1. The summed E-state index contributed by atoms with van der Waals surface area (Å²) < 4.78 is 4.72. The highest BCUT2D eigenvalue weighted by Crippen LogP contribution is 2.23. The summed E-state index contributed by atoms with van der Waals surface area (Å²) >= 11 is 0. The van der Waals surface area contributed by atoms with E-state index in [1.165, 1.54) is 14.0 Å². The van der Waals surface area contributed by atoms with Crippen molar-refractivity contribution in [3.05, 3.63) is 0 Å². The van der Waals surface area contributed by atoms with Crippen molar-refractivity contribution >= 4 is 17.8 Å². The minimum atomic E-state index is -0.182. The van der Waals surface area contributed by atoms with Crippen molar-refractivity contribution in [2.75, 3.05) is 33.3 Å². The monoisotopic (exact) mass is 268 g/mol. The first-order valence-electron chi connectivity index (χ1n) is 6.65. The van der Waals surface area contributed by atoms with Crippen LogP contribution in [0, 0.1) is 11.8 Å². The number of amides is 2. The standard InChI is InChI=1S/C13H20N2O4/c1-9(16)15-7-11(8-15)12(17)14-5-3-10(4-6-14)13(18)19-2/h10-11H,3-8H2,1-2H3. The number of rotatable bonds is 2. The molecule has 2 aliphatic rings. The molecular formula is C13H20N2O4. The van der Waals surface area contributed by atoms with Gasteiger partial charge < -0.3 is 14.5 Å². The van der Waals surface area contributed by atoms with E-state index < -0.39 is 0 Å². The number of carbonyl (C=O) groups is 3. The molecule has 0 bridgehead atoms. The van der Waals surface area contributed by atoms with E-state index in [1.807, 2.05) is 4.90 Å². The third-order valence-electron chi connectivity index (χ3n) is 4.02. The maximum atomic E-state index is 12.2. The van der Waals surface area contributed by atoms with Gasteiger partial charge in [0.05, 0.1) is 18.9 Å². The highest BCUT2D eigenvalue weighted by Gasteiger charge is 2.38. The van der Waals surface area contributed by atoms with Gasteiger partial charge in [-0.3, -0.25) is 14.4 Å². The molecule has 0 aliphatic carbocycles. The summed E-state index contributed by atoms with van der Waals surface area (Å²) in [5.41, 5.74) is 0. The molecule has 2 fully saturated rings. The zero-order valence-electron chi connectivity index (χ0n) is 11.4. The Morgan fingerprint density at radius 1 is 1.00 bits per heavy atom. The minimum absolute atomic E-state index is 0.0217. The van der Waals surface area contributed by atoms with Gasteiger partial charge in [-0.05, 0) is 12.8 Å². The number of esters is 1. The lowest BCUT2D eigenvalue weighted by Gasteiger charge is -2.41. The van der Waals surface area contributed by atoms with Gasteiger partial charge in [0.25, 0.3) is 0 Å². The van der Waals surface area contributed by atoms with Crippen LogP contribution < -0.4 is 0 Å². The molecule has 6 nitrogen and oxygen atoms in total. The Hall–Kier alpha value is -1.59. The van der Waals surface area contributed by atoms with Crippen molar-refractivity contribution in [3.63, 3.8) is 0 Å². The van der Waals surface area contributed by atoms with Crippen LogP contribution in [0.15, 0.2) is 0 Å². The second-order valence-electron chi connectivity index (χ2n) is 5.24. The summed E-state index contributed by atoms with van der Waals surface area (Å²) in [5.74, 6) is -0.185. The lowest BCUT2D eigenvalue weighted by molar-refractivity contribution is -0.153. The van der Waals surface area contributed by atoms with Crippen LogP contribution in [0.3, 0.4) is 0 Å². The van der Waals surface area contributed by atoms with Crippen molar-refractivity contribution in [2.45, 2.75) is 19.8 Å². The molecule has 0 unspecified atom stereocenters. The molecular weight excluding hydrogens is 248 g/mol. The fourth-order valence-electron chi connectivity index (χ4n) is 2.65. The molecule has 0 aromatic carbocycles. The quantitative estimate of drug-likeness (QED) is 0.655. The second-order valence-corrected chi connectivity index (χ2v) is 5.24. The van der Waals surface area contributed by atoms with Crippen molar-refractivity contribution < 1.29 is 19.1 Å². The largest absolute Gasteiger partial charge is 0.469 e. The molecule has 0 aromatic heterocycles. The molecule has 2 amide bonds. The third kappa shape index (κ3) is 2.88. The van der Waals surface area contributed by atoms with Gasteiger partial charge in [-0.1, -0.05) is 0 Å². The van der Waals surface area contributed by atoms with Gasteiger partial charge >= 0.3 is 5.97 Å². The number of carbonyl (C=O) groups excluding carboxylic acids is 3. The molecule has 0 spiro atoms. The maximum absolute atomic E-state index is 12.2. The fraction of sp³-hybridized carbons (Fsp3) is 0.769. The van der Waals surface area contributed by atoms with E-state index >= 15 is 0 Å². The molecule has 2 saturated heterocycles. The zero-order chi connectivity index (χ0) is 14.0. The minimum Gasteiger partial charge on any atom is -0.469 e. The van der Waals surface area contributed by atoms with E-state index in [0.717, 1.165) is 0 Å². The van der Waals surface area contributed by atoms with Crippen LogP contribution in [0.25, 0.3) is 0 Å². The van der Waals surface area contributed by atoms with Crippen LogP contribution in [0.1, 0.15) is 19.8 Å². The van der Waals surface area contributed by atoms with Gasteiger partial charge in [-0.2, -0.15) is 0 Å². The smallest absolute Gasteiger partial charge is 0.308 e. The average molecular weight is 268 g/mol. The second kappa shape index (κ2) is 5.59. The van der Waals surface area contributed by atoms with E-state index in [0.29, 0.717) is 39.0 Å². The Labute approximate surface area is 112 Å². The number of piperidine rings is 1. The Balaban J connectivity index is 1.78. The van der Waals surface area contributed by atoms with Crippen LogP contribution in [0.4, 0.5) is 0 Å². The molecule has 6 heteroatoms. The van der Waals surface area contributed by atoms with Gasteiger partial charge in [-0.15, -0.1) is 0 Å². The van der Waals surface area contributed by atoms with Crippen LogP contribution >= 0.6 is 0 Å². The predicted octanol–water partition coefficient (Wildman–Crippen LogP) is -0.124. The Bertz CT molecular complexity index is 382. The third-order valence-corrected chi connectivity index (χ3v) is 4.02. The maximum Gasteiger partial charge on any atom is 0.308 e. The van der Waals surface area contributed by atoms with E-state index in [9.17, 15) is 14.4 Å². The van der Waals surface area contributed by atoms with E-state index in [2.05, 4.69) is 0 Å². The Kier molecular flexibility index (Phi) is 4.07. The van der Waals surface area contributed by atoms with Crippen LogP contribution in [-0.4, -0.2) is 60.9 Å². The molecule has 2 rings (SSSR count). The Morgan fingerprint density at radius 2 is 1.58 bits per heavy atom. The first-order valence-corrected chi connectivity index (χ1v) is 6.65. The molecule has 0 aromatic rings. The first kappa shape index (κ1) is 13.8.